The van der Waals surface area contributed by atoms with Crippen LogP contribution in [-0.2, 0) is 6.42 Å². The molecule has 2 atom stereocenters. The van der Waals surface area contributed by atoms with E-state index in [9.17, 15) is 0 Å². The van der Waals surface area contributed by atoms with Gasteiger partial charge in [0.05, 0.1) is 0 Å². The Kier molecular flexibility index (Phi) is 2.83. The lowest BCUT2D eigenvalue weighted by Gasteiger charge is -2.34. The average Bonchev–Trinajstić information content (AvgIpc) is 2.39. The molecule has 1 saturated heterocycles. The molecule has 1 N–H and O–H groups in total. The highest BCUT2D eigenvalue weighted by Gasteiger charge is 2.28. The maximum atomic E-state index is 6.13. The minimum absolute atomic E-state index is 0.433. The molecule has 0 aliphatic carbocycles. The molecule has 1 aromatic rings. The number of rotatable bonds is 1. The Morgan fingerprint density at radius 1 is 1.19 bits per heavy atom. The van der Waals surface area contributed by atoms with Crippen molar-refractivity contribution in [2.45, 2.75) is 31.8 Å². The van der Waals surface area contributed by atoms with E-state index < -0.39 is 0 Å². The van der Waals surface area contributed by atoms with Crippen molar-refractivity contribution in [3.05, 3.63) is 29.8 Å². The molecule has 2 unspecified atom stereocenters. The highest BCUT2D eigenvalue weighted by molar-refractivity contribution is 5.35. The van der Waals surface area contributed by atoms with Crippen LogP contribution in [0, 0.1) is 5.92 Å². The highest BCUT2D eigenvalue weighted by atomic mass is 16.5. The molecular formula is C14H19NO. The van der Waals surface area contributed by atoms with E-state index in [-0.39, 0.29) is 0 Å². The molecule has 3 rings (SSSR count). The number of hydrogen-bond acceptors (Lipinski definition) is 2. The number of fused-ring (bicyclic) bond motifs is 1. The number of hydrogen-bond donors (Lipinski definition) is 1. The predicted molar refractivity (Wildman–Crippen MR) is 64.8 cm³/mol. The van der Waals surface area contributed by atoms with Gasteiger partial charge in [-0.3, -0.25) is 0 Å². The summed E-state index contributed by atoms with van der Waals surface area (Å²) in [5.41, 5.74) is 1.38. The minimum Gasteiger partial charge on any atom is -0.490 e. The minimum atomic E-state index is 0.433. The molecule has 0 radical (unpaired) electrons. The molecule has 16 heavy (non-hydrogen) atoms. The summed E-state index contributed by atoms with van der Waals surface area (Å²) >= 11 is 0. The Labute approximate surface area is 97.0 Å². The van der Waals surface area contributed by atoms with Gasteiger partial charge in [0.2, 0.25) is 0 Å². The molecule has 2 heteroatoms. The first-order valence-electron chi connectivity index (χ1n) is 6.39. The maximum Gasteiger partial charge on any atom is 0.122 e. The van der Waals surface area contributed by atoms with Crippen LogP contribution >= 0.6 is 0 Å². The fraction of sp³-hybridized carbons (Fsp3) is 0.571. The zero-order valence-electron chi connectivity index (χ0n) is 9.61. The van der Waals surface area contributed by atoms with E-state index in [0.717, 1.165) is 12.3 Å². The number of piperidine rings is 1. The number of aryl methyl sites for hydroxylation is 1. The van der Waals surface area contributed by atoms with Crippen LogP contribution in [0.1, 0.15) is 24.8 Å². The lowest BCUT2D eigenvalue weighted by Crippen LogP contribution is -2.40. The number of benzene rings is 1. The summed E-state index contributed by atoms with van der Waals surface area (Å²) in [5, 5.41) is 3.48. The Morgan fingerprint density at radius 3 is 3.00 bits per heavy atom. The standard InChI is InChI=1S/C14H19NO/c1-2-6-13-11(4-1)7-8-14(16-13)12-5-3-9-15-10-12/h1-2,4,6,12,14-15H,3,5,7-10H2. The van der Waals surface area contributed by atoms with Crippen LogP contribution in [-0.4, -0.2) is 19.2 Å². The van der Waals surface area contributed by atoms with Gasteiger partial charge in [-0.25, -0.2) is 0 Å². The molecule has 0 spiro atoms. The fourth-order valence-corrected chi connectivity index (χ4v) is 2.87. The summed E-state index contributed by atoms with van der Waals surface area (Å²) in [5.74, 6) is 1.83. The Balaban J connectivity index is 1.72. The van der Waals surface area contributed by atoms with E-state index in [0.29, 0.717) is 12.0 Å². The van der Waals surface area contributed by atoms with Crippen LogP contribution in [0.2, 0.25) is 0 Å². The third-order valence-electron chi connectivity index (χ3n) is 3.81. The summed E-state index contributed by atoms with van der Waals surface area (Å²) < 4.78 is 6.13. The van der Waals surface area contributed by atoms with Crippen molar-refractivity contribution in [1.82, 2.24) is 5.32 Å². The molecule has 0 aromatic heterocycles. The first kappa shape index (κ1) is 10.2. The quantitative estimate of drug-likeness (QED) is 0.780. The van der Waals surface area contributed by atoms with Gasteiger partial charge in [0.1, 0.15) is 11.9 Å². The van der Waals surface area contributed by atoms with Crippen LogP contribution in [0.25, 0.3) is 0 Å². The van der Waals surface area contributed by atoms with Crippen molar-refractivity contribution in [3.63, 3.8) is 0 Å². The molecule has 0 bridgehead atoms. The zero-order valence-corrected chi connectivity index (χ0v) is 9.61. The smallest absolute Gasteiger partial charge is 0.122 e. The molecule has 2 aliphatic heterocycles. The van der Waals surface area contributed by atoms with Gasteiger partial charge >= 0.3 is 0 Å². The van der Waals surface area contributed by atoms with Crippen molar-refractivity contribution < 1.29 is 4.74 Å². The van der Waals surface area contributed by atoms with Gasteiger partial charge in [0, 0.05) is 12.5 Å². The van der Waals surface area contributed by atoms with Crippen LogP contribution in [0.4, 0.5) is 0 Å². The van der Waals surface area contributed by atoms with Crippen molar-refractivity contribution >= 4 is 0 Å². The van der Waals surface area contributed by atoms with Crippen molar-refractivity contribution in [1.29, 1.82) is 0 Å². The lowest BCUT2D eigenvalue weighted by molar-refractivity contribution is 0.0948. The van der Waals surface area contributed by atoms with Crippen LogP contribution < -0.4 is 10.1 Å². The lowest BCUT2D eigenvalue weighted by atomic mass is 9.88. The molecule has 2 nitrogen and oxygen atoms in total. The molecule has 0 amide bonds. The fourth-order valence-electron chi connectivity index (χ4n) is 2.87. The third-order valence-corrected chi connectivity index (χ3v) is 3.81. The molecular weight excluding hydrogens is 198 g/mol. The summed E-state index contributed by atoms with van der Waals surface area (Å²) in [6, 6.07) is 8.47. The van der Waals surface area contributed by atoms with Gasteiger partial charge in [-0.15, -0.1) is 0 Å². The summed E-state index contributed by atoms with van der Waals surface area (Å²) in [6.07, 6.45) is 5.41. The largest absolute Gasteiger partial charge is 0.490 e. The van der Waals surface area contributed by atoms with Crippen LogP contribution in [0.5, 0.6) is 5.75 Å². The molecule has 2 heterocycles. The molecule has 0 saturated carbocycles. The van der Waals surface area contributed by atoms with Gasteiger partial charge in [0.15, 0.2) is 0 Å². The van der Waals surface area contributed by atoms with Gasteiger partial charge in [-0.2, -0.15) is 0 Å². The molecule has 86 valence electrons. The zero-order chi connectivity index (χ0) is 10.8. The first-order chi connectivity index (χ1) is 7.93. The average molecular weight is 217 g/mol. The van der Waals surface area contributed by atoms with Crippen LogP contribution in [0.3, 0.4) is 0 Å². The summed E-state index contributed by atoms with van der Waals surface area (Å²) in [6.45, 7) is 2.31. The number of nitrogens with one attached hydrogen (secondary N) is 1. The van der Waals surface area contributed by atoms with Crippen molar-refractivity contribution in [2.24, 2.45) is 5.92 Å². The second-order valence-electron chi connectivity index (χ2n) is 4.91. The number of para-hydroxylation sites is 1. The number of ether oxygens (including phenoxy) is 1. The summed E-state index contributed by atoms with van der Waals surface area (Å²) in [4.78, 5) is 0. The van der Waals surface area contributed by atoms with Gasteiger partial charge in [-0.05, 0) is 43.9 Å². The van der Waals surface area contributed by atoms with E-state index in [1.54, 1.807) is 0 Å². The monoisotopic (exact) mass is 217 g/mol. The van der Waals surface area contributed by atoms with E-state index in [2.05, 4.69) is 29.6 Å². The van der Waals surface area contributed by atoms with Crippen LogP contribution in [0.15, 0.2) is 24.3 Å². The van der Waals surface area contributed by atoms with E-state index in [1.807, 2.05) is 0 Å². The van der Waals surface area contributed by atoms with Gasteiger partial charge in [-0.1, -0.05) is 18.2 Å². The van der Waals surface area contributed by atoms with E-state index in [4.69, 9.17) is 4.74 Å². The van der Waals surface area contributed by atoms with E-state index >= 15 is 0 Å². The van der Waals surface area contributed by atoms with Crippen molar-refractivity contribution in [3.8, 4) is 5.75 Å². The SMILES string of the molecule is c1ccc2c(c1)CCC(C1CCCNC1)O2. The predicted octanol–water partition coefficient (Wildman–Crippen LogP) is 2.38. The Bertz CT molecular complexity index is 358. The molecule has 2 aliphatic rings. The second kappa shape index (κ2) is 4.46. The maximum absolute atomic E-state index is 6.13. The Hall–Kier alpha value is -1.02. The third kappa shape index (κ3) is 1.94. The topological polar surface area (TPSA) is 21.3 Å². The van der Waals surface area contributed by atoms with Gasteiger partial charge < -0.3 is 10.1 Å². The Morgan fingerprint density at radius 2 is 2.12 bits per heavy atom. The van der Waals surface area contributed by atoms with Crippen molar-refractivity contribution in [2.75, 3.05) is 13.1 Å². The van der Waals surface area contributed by atoms with Gasteiger partial charge in [0.25, 0.3) is 0 Å². The van der Waals surface area contributed by atoms with E-state index in [1.165, 1.54) is 37.8 Å². The highest BCUT2D eigenvalue weighted by Crippen LogP contribution is 2.31. The first-order valence-corrected chi connectivity index (χ1v) is 6.39. The molecule has 1 fully saturated rings. The molecule has 1 aromatic carbocycles. The summed E-state index contributed by atoms with van der Waals surface area (Å²) in [7, 11) is 0. The normalized spacial score (nSPS) is 29.2. The second-order valence-corrected chi connectivity index (χ2v) is 4.91.